The van der Waals surface area contributed by atoms with Crippen molar-refractivity contribution in [2.45, 2.75) is 0 Å². The third kappa shape index (κ3) is 3.59. The van der Waals surface area contributed by atoms with Crippen molar-refractivity contribution in [3.05, 3.63) is 62.8 Å². The lowest BCUT2D eigenvalue weighted by Crippen LogP contribution is -2.14. The topological polar surface area (TPSA) is 66.4 Å². The van der Waals surface area contributed by atoms with Gasteiger partial charge in [0.1, 0.15) is 5.82 Å². The smallest absolute Gasteiger partial charge is 0.335 e. The number of hydrogen-bond acceptors (Lipinski definition) is 2. The number of carboxylic acids is 1. The van der Waals surface area contributed by atoms with Crippen LogP contribution in [0.2, 0.25) is 5.02 Å². The molecule has 0 aliphatic heterocycles. The van der Waals surface area contributed by atoms with Crippen LogP contribution in [0.3, 0.4) is 0 Å². The summed E-state index contributed by atoms with van der Waals surface area (Å²) in [4.78, 5) is 22.8. The molecule has 0 aromatic heterocycles. The van der Waals surface area contributed by atoms with Crippen molar-refractivity contribution in [3.8, 4) is 0 Å². The van der Waals surface area contributed by atoms with Crippen LogP contribution in [0.15, 0.2) is 40.9 Å². The Kier molecular flexibility index (Phi) is 4.59. The second-order valence-corrected chi connectivity index (χ2v) is 5.37. The fourth-order valence-corrected chi connectivity index (χ4v) is 2.26. The molecule has 1 amide bonds. The molecule has 0 heterocycles. The molecule has 2 N–H and O–H groups in total. The summed E-state index contributed by atoms with van der Waals surface area (Å²) in [6.07, 6.45) is 0. The van der Waals surface area contributed by atoms with Gasteiger partial charge in [0.2, 0.25) is 0 Å². The van der Waals surface area contributed by atoms with Crippen molar-refractivity contribution in [1.82, 2.24) is 0 Å². The van der Waals surface area contributed by atoms with Crippen molar-refractivity contribution >= 4 is 45.1 Å². The molecule has 4 nitrogen and oxygen atoms in total. The highest BCUT2D eigenvalue weighted by Crippen LogP contribution is 2.25. The highest BCUT2D eigenvalue weighted by Gasteiger charge is 2.14. The maximum Gasteiger partial charge on any atom is 0.335 e. The number of carbonyl (C=O) groups is 2. The number of aromatic carboxylic acids is 1. The van der Waals surface area contributed by atoms with Crippen LogP contribution < -0.4 is 5.32 Å². The van der Waals surface area contributed by atoms with E-state index in [0.29, 0.717) is 10.2 Å². The molecular formula is C14H8BrClFNO3. The van der Waals surface area contributed by atoms with E-state index in [9.17, 15) is 14.0 Å². The quantitative estimate of drug-likeness (QED) is 0.849. The molecule has 2 aromatic carbocycles. The number of carboxylic acid groups (broad SMARTS) is 1. The molecule has 2 aromatic rings. The predicted octanol–water partition coefficient (Wildman–Crippen LogP) is 4.19. The van der Waals surface area contributed by atoms with Crippen molar-refractivity contribution < 1.29 is 19.1 Å². The van der Waals surface area contributed by atoms with E-state index in [-0.39, 0.29) is 16.1 Å². The standard InChI is InChI=1S/C14H8BrClFNO3/c15-10-5-7(14(20)21)1-4-12(10)18-13(19)9-6-8(16)2-3-11(9)17/h1-6H,(H,18,19)(H,20,21). The van der Waals surface area contributed by atoms with Gasteiger partial charge in [-0.1, -0.05) is 11.6 Å². The zero-order valence-corrected chi connectivity index (χ0v) is 12.7. The Bertz CT molecular complexity index is 736. The fourth-order valence-electron chi connectivity index (χ4n) is 1.61. The minimum absolute atomic E-state index is 0.0637. The largest absolute Gasteiger partial charge is 0.478 e. The Balaban J connectivity index is 2.27. The zero-order chi connectivity index (χ0) is 15.6. The van der Waals surface area contributed by atoms with Gasteiger partial charge >= 0.3 is 5.97 Å². The number of anilines is 1. The molecule has 0 aliphatic carbocycles. The minimum atomic E-state index is -1.09. The molecule has 0 unspecified atom stereocenters. The van der Waals surface area contributed by atoms with Crippen LogP contribution >= 0.6 is 27.5 Å². The number of benzene rings is 2. The molecule has 0 spiro atoms. The van der Waals surface area contributed by atoms with E-state index in [0.717, 1.165) is 6.07 Å². The van der Waals surface area contributed by atoms with Crippen LogP contribution in [-0.2, 0) is 0 Å². The SMILES string of the molecule is O=C(O)c1ccc(NC(=O)c2cc(Cl)ccc2F)c(Br)c1. The molecule has 0 aliphatic rings. The van der Waals surface area contributed by atoms with E-state index < -0.39 is 17.7 Å². The molecule has 0 atom stereocenters. The molecule has 0 saturated heterocycles. The molecule has 2 rings (SSSR count). The maximum absolute atomic E-state index is 13.6. The van der Waals surface area contributed by atoms with Crippen LogP contribution in [0.25, 0.3) is 0 Å². The molecule has 0 bridgehead atoms. The highest BCUT2D eigenvalue weighted by atomic mass is 79.9. The summed E-state index contributed by atoms with van der Waals surface area (Å²) in [5.74, 6) is -2.47. The molecule has 0 radical (unpaired) electrons. The molecule has 21 heavy (non-hydrogen) atoms. The number of hydrogen-bond donors (Lipinski definition) is 2. The first kappa shape index (κ1) is 15.5. The lowest BCUT2D eigenvalue weighted by Gasteiger charge is -2.09. The fraction of sp³-hybridized carbons (Fsp3) is 0. The van der Waals surface area contributed by atoms with E-state index in [2.05, 4.69) is 21.2 Å². The van der Waals surface area contributed by atoms with E-state index in [4.69, 9.17) is 16.7 Å². The van der Waals surface area contributed by atoms with Crippen LogP contribution in [0.4, 0.5) is 10.1 Å². The summed E-state index contributed by atoms with van der Waals surface area (Å²) in [7, 11) is 0. The Morgan fingerprint density at radius 2 is 1.90 bits per heavy atom. The van der Waals surface area contributed by atoms with Crippen molar-refractivity contribution in [2.24, 2.45) is 0 Å². The first-order chi connectivity index (χ1) is 9.88. The molecule has 7 heteroatoms. The van der Waals surface area contributed by atoms with Gasteiger partial charge in [0.25, 0.3) is 5.91 Å². The Morgan fingerprint density at radius 3 is 2.52 bits per heavy atom. The second kappa shape index (κ2) is 6.24. The van der Waals surface area contributed by atoms with E-state index >= 15 is 0 Å². The van der Waals surface area contributed by atoms with E-state index in [1.165, 1.54) is 30.3 Å². The number of nitrogens with one attached hydrogen (secondary N) is 1. The molecular weight excluding hydrogens is 365 g/mol. The van der Waals surface area contributed by atoms with Gasteiger partial charge in [-0.05, 0) is 52.3 Å². The number of rotatable bonds is 3. The van der Waals surface area contributed by atoms with Gasteiger partial charge in [0.05, 0.1) is 16.8 Å². The summed E-state index contributed by atoms with van der Waals surface area (Å²) in [6.45, 7) is 0. The van der Waals surface area contributed by atoms with Gasteiger partial charge in [-0.25, -0.2) is 9.18 Å². The average molecular weight is 373 g/mol. The number of amides is 1. The van der Waals surface area contributed by atoms with E-state index in [1.54, 1.807) is 0 Å². The van der Waals surface area contributed by atoms with Crippen LogP contribution in [0.5, 0.6) is 0 Å². The summed E-state index contributed by atoms with van der Waals surface area (Å²) < 4.78 is 14.0. The second-order valence-electron chi connectivity index (χ2n) is 4.08. The monoisotopic (exact) mass is 371 g/mol. The van der Waals surface area contributed by atoms with Crippen LogP contribution in [0.1, 0.15) is 20.7 Å². The maximum atomic E-state index is 13.6. The Labute approximate surface area is 132 Å². The van der Waals surface area contributed by atoms with Crippen molar-refractivity contribution in [1.29, 1.82) is 0 Å². The normalized spacial score (nSPS) is 10.2. The summed E-state index contributed by atoms with van der Waals surface area (Å²) >= 11 is 8.88. The first-order valence-electron chi connectivity index (χ1n) is 5.67. The third-order valence-corrected chi connectivity index (χ3v) is 3.53. The predicted molar refractivity (Wildman–Crippen MR) is 80.5 cm³/mol. The Hall–Kier alpha value is -1.92. The number of carbonyl (C=O) groups excluding carboxylic acids is 1. The van der Waals surface area contributed by atoms with Gasteiger partial charge in [-0.2, -0.15) is 0 Å². The van der Waals surface area contributed by atoms with Gasteiger partial charge in [0, 0.05) is 9.50 Å². The Morgan fingerprint density at radius 1 is 1.19 bits per heavy atom. The van der Waals surface area contributed by atoms with E-state index in [1.807, 2.05) is 0 Å². The molecule has 0 fully saturated rings. The molecule has 0 saturated carbocycles. The van der Waals surface area contributed by atoms with Crippen molar-refractivity contribution in [2.75, 3.05) is 5.32 Å². The third-order valence-electron chi connectivity index (χ3n) is 2.64. The van der Waals surface area contributed by atoms with Gasteiger partial charge < -0.3 is 10.4 Å². The lowest BCUT2D eigenvalue weighted by atomic mass is 10.1. The summed E-state index contributed by atoms with van der Waals surface area (Å²) in [6, 6.07) is 7.73. The minimum Gasteiger partial charge on any atom is -0.478 e. The first-order valence-corrected chi connectivity index (χ1v) is 6.85. The van der Waals surface area contributed by atoms with Gasteiger partial charge in [0.15, 0.2) is 0 Å². The lowest BCUT2D eigenvalue weighted by molar-refractivity contribution is 0.0696. The van der Waals surface area contributed by atoms with Gasteiger partial charge in [-0.3, -0.25) is 4.79 Å². The average Bonchev–Trinajstić information content (AvgIpc) is 2.43. The van der Waals surface area contributed by atoms with Crippen LogP contribution in [-0.4, -0.2) is 17.0 Å². The highest BCUT2D eigenvalue weighted by molar-refractivity contribution is 9.10. The van der Waals surface area contributed by atoms with Gasteiger partial charge in [-0.15, -0.1) is 0 Å². The van der Waals surface area contributed by atoms with Crippen LogP contribution in [0, 0.1) is 5.82 Å². The summed E-state index contributed by atoms with van der Waals surface area (Å²) in [5.41, 5.74) is 0.190. The summed E-state index contributed by atoms with van der Waals surface area (Å²) in [5, 5.41) is 11.6. The number of halogens is 3. The van der Waals surface area contributed by atoms with Crippen molar-refractivity contribution in [3.63, 3.8) is 0 Å². The molecule has 108 valence electrons. The zero-order valence-electron chi connectivity index (χ0n) is 10.4.